The lowest BCUT2D eigenvalue weighted by Gasteiger charge is -2.20. The molecule has 3 aromatic rings. The third kappa shape index (κ3) is 3.91. The first-order chi connectivity index (χ1) is 12.1. The number of urea groups is 1. The van der Waals surface area contributed by atoms with E-state index in [1.807, 2.05) is 66.9 Å². The van der Waals surface area contributed by atoms with Gasteiger partial charge in [-0.2, -0.15) is 0 Å². The highest BCUT2D eigenvalue weighted by Crippen LogP contribution is 2.19. The fourth-order valence-electron chi connectivity index (χ4n) is 2.73. The maximum atomic E-state index is 12.4. The first-order valence-corrected chi connectivity index (χ1v) is 8.58. The van der Waals surface area contributed by atoms with Crippen LogP contribution in [0.1, 0.15) is 43.7 Å². The van der Waals surface area contributed by atoms with Gasteiger partial charge in [0.25, 0.3) is 0 Å². The van der Waals surface area contributed by atoms with Gasteiger partial charge in [-0.3, -0.25) is 4.40 Å². The molecule has 2 aromatic heterocycles. The summed E-state index contributed by atoms with van der Waals surface area (Å²) in [4.78, 5) is 12.4. The smallest absolute Gasteiger partial charge is 0.315 e. The van der Waals surface area contributed by atoms with Crippen LogP contribution in [-0.2, 0) is 0 Å². The van der Waals surface area contributed by atoms with E-state index in [0.717, 1.165) is 17.6 Å². The van der Waals surface area contributed by atoms with Gasteiger partial charge in [-0.25, -0.2) is 4.79 Å². The molecule has 2 N–H and O–H groups in total. The molecule has 25 heavy (non-hydrogen) atoms. The van der Waals surface area contributed by atoms with Crippen LogP contribution in [0.2, 0.25) is 5.02 Å². The zero-order valence-corrected chi connectivity index (χ0v) is 14.9. The molecule has 2 atom stereocenters. The molecule has 130 valence electrons. The maximum absolute atomic E-state index is 12.4. The summed E-state index contributed by atoms with van der Waals surface area (Å²) in [5, 5.41) is 14.9. The molecule has 2 heterocycles. The Bertz CT molecular complexity index is 861. The lowest BCUT2D eigenvalue weighted by atomic mass is 10.1. The second-order valence-corrected chi connectivity index (χ2v) is 6.28. The van der Waals surface area contributed by atoms with E-state index >= 15 is 0 Å². The second kappa shape index (κ2) is 7.53. The summed E-state index contributed by atoms with van der Waals surface area (Å²) in [5.41, 5.74) is 1.77. The molecule has 0 saturated carbocycles. The van der Waals surface area contributed by atoms with E-state index in [-0.39, 0.29) is 18.1 Å². The zero-order chi connectivity index (χ0) is 17.8. The lowest BCUT2D eigenvalue weighted by Crippen LogP contribution is -2.39. The Morgan fingerprint density at radius 2 is 1.92 bits per heavy atom. The Labute approximate surface area is 151 Å². The van der Waals surface area contributed by atoms with Gasteiger partial charge in [0, 0.05) is 11.2 Å². The van der Waals surface area contributed by atoms with Crippen molar-refractivity contribution in [1.82, 2.24) is 25.2 Å². The minimum Gasteiger partial charge on any atom is -0.331 e. The van der Waals surface area contributed by atoms with Crippen molar-refractivity contribution < 1.29 is 4.79 Å². The Morgan fingerprint density at radius 3 is 2.64 bits per heavy atom. The largest absolute Gasteiger partial charge is 0.331 e. The number of hydrogen-bond donors (Lipinski definition) is 2. The predicted octanol–water partition coefficient (Wildman–Crippen LogP) is 3.89. The number of hydrogen-bond acceptors (Lipinski definition) is 3. The van der Waals surface area contributed by atoms with Crippen molar-refractivity contribution in [1.29, 1.82) is 0 Å². The third-order valence-corrected chi connectivity index (χ3v) is 4.31. The van der Waals surface area contributed by atoms with Crippen molar-refractivity contribution in [2.45, 2.75) is 32.4 Å². The molecular weight excluding hydrogens is 338 g/mol. The van der Waals surface area contributed by atoms with E-state index in [4.69, 9.17) is 11.6 Å². The van der Waals surface area contributed by atoms with Gasteiger partial charge in [-0.05, 0) is 43.2 Å². The highest BCUT2D eigenvalue weighted by atomic mass is 35.5. The number of benzene rings is 1. The fraction of sp³-hybridized carbons (Fsp3) is 0.278. The lowest BCUT2D eigenvalue weighted by molar-refractivity contribution is 0.233. The summed E-state index contributed by atoms with van der Waals surface area (Å²) >= 11 is 5.92. The normalized spacial score (nSPS) is 13.4. The predicted molar refractivity (Wildman–Crippen MR) is 97.6 cm³/mol. The zero-order valence-electron chi connectivity index (χ0n) is 14.1. The summed E-state index contributed by atoms with van der Waals surface area (Å²) in [6.45, 7) is 3.90. The van der Waals surface area contributed by atoms with Crippen molar-refractivity contribution in [2.24, 2.45) is 0 Å². The number of amides is 2. The molecule has 6 nitrogen and oxygen atoms in total. The molecule has 7 heteroatoms. The molecule has 3 rings (SSSR count). The van der Waals surface area contributed by atoms with E-state index in [0.29, 0.717) is 10.8 Å². The monoisotopic (exact) mass is 357 g/mol. The number of rotatable bonds is 5. The van der Waals surface area contributed by atoms with Crippen molar-refractivity contribution in [2.75, 3.05) is 0 Å². The number of pyridine rings is 1. The second-order valence-electron chi connectivity index (χ2n) is 5.84. The summed E-state index contributed by atoms with van der Waals surface area (Å²) in [6, 6.07) is 12.6. The summed E-state index contributed by atoms with van der Waals surface area (Å²) in [5.74, 6) is 0.685. The van der Waals surface area contributed by atoms with Crippen LogP contribution in [0.4, 0.5) is 4.79 Å². The van der Waals surface area contributed by atoms with E-state index < -0.39 is 0 Å². The minimum absolute atomic E-state index is 0.0837. The van der Waals surface area contributed by atoms with Crippen LogP contribution in [-0.4, -0.2) is 20.6 Å². The summed E-state index contributed by atoms with van der Waals surface area (Å²) < 4.78 is 1.86. The number of carbonyl (C=O) groups is 1. The highest BCUT2D eigenvalue weighted by molar-refractivity contribution is 6.30. The number of fused-ring (bicyclic) bond motifs is 1. The van der Waals surface area contributed by atoms with Crippen molar-refractivity contribution in [3.63, 3.8) is 0 Å². The summed E-state index contributed by atoms with van der Waals surface area (Å²) in [6.07, 6.45) is 2.65. The molecule has 0 aliphatic carbocycles. The average molecular weight is 358 g/mol. The fourth-order valence-corrected chi connectivity index (χ4v) is 2.86. The van der Waals surface area contributed by atoms with Crippen molar-refractivity contribution in [3.8, 4) is 0 Å². The quantitative estimate of drug-likeness (QED) is 0.727. The number of nitrogens with zero attached hydrogens (tertiary/aromatic N) is 3. The standard InChI is InChI=1S/C18H20ClN5O/c1-3-15(13-7-9-14(19)10-8-13)21-18(25)20-12(2)17-23-22-16-6-4-5-11-24(16)17/h4-12,15H,3H2,1-2H3,(H2,20,21,25). The van der Waals surface area contributed by atoms with Gasteiger partial charge in [0.05, 0.1) is 12.1 Å². The van der Waals surface area contributed by atoms with Crippen molar-refractivity contribution >= 4 is 23.3 Å². The van der Waals surface area contributed by atoms with E-state index in [1.54, 1.807) is 0 Å². The first kappa shape index (κ1) is 17.2. The van der Waals surface area contributed by atoms with Gasteiger partial charge in [-0.1, -0.05) is 36.7 Å². The molecule has 0 saturated heterocycles. The Kier molecular flexibility index (Phi) is 5.19. The molecule has 0 aliphatic rings. The Balaban J connectivity index is 1.67. The van der Waals surface area contributed by atoms with Gasteiger partial charge >= 0.3 is 6.03 Å². The molecule has 0 fully saturated rings. The minimum atomic E-state index is -0.278. The number of nitrogens with one attached hydrogen (secondary N) is 2. The van der Waals surface area contributed by atoms with Crippen LogP contribution in [0, 0.1) is 0 Å². The topological polar surface area (TPSA) is 71.3 Å². The molecule has 0 radical (unpaired) electrons. The first-order valence-electron chi connectivity index (χ1n) is 8.20. The van der Waals surface area contributed by atoms with E-state index in [2.05, 4.69) is 20.8 Å². The van der Waals surface area contributed by atoms with Crippen LogP contribution in [0.15, 0.2) is 48.7 Å². The Morgan fingerprint density at radius 1 is 1.16 bits per heavy atom. The molecule has 2 unspecified atom stereocenters. The highest BCUT2D eigenvalue weighted by Gasteiger charge is 2.18. The molecule has 0 bridgehead atoms. The summed E-state index contributed by atoms with van der Waals surface area (Å²) in [7, 11) is 0. The van der Waals surface area contributed by atoms with Gasteiger partial charge in [-0.15, -0.1) is 10.2 Å². The number of halogens is 1. The van der Waals surface area contributed by atoms with Crippen LogP contribution in [0.5, 0.6) is 0 Å². The maximum Gasteiger partial charge on any atom is 0.315 e. The van der Waals surface area contributed by atoms with Gasteiger partial charge in [0.1, 0.15) is 0 Å². The third-order valence-electron chi connectivity index (χ3n) is 4.06. The average Bonchev–Trinajstić information content (AvgIpc) is 3.04. The van der Waals surface area contributed by atoms with Crippen LogP contribution >= 0.6 is 11.6 Å². The van der Waals surface area contributed by atoms with Crippen LogP contribution < -0.4 is 10.6 Å². The SMILES string of the molecule is CCC(NC(=O)NC(C)c1nnc2ccccn12)c1ccc(Cl)cc1. The molecule has 2 amide bonds. The van der Waals surface area contributed by atoms with Gasteiger partial charge in [0.2, 0.25) is 0 Å². The Hall–Kier alpha value is -2.60. The molecule has 1 aromatic carbocycles. The van der Waals surface area contributed by atoms with Gasteiger partial charge in [0.15, 0.2) is 11.5 Å². The molecule has 0 spiro atoms. The van der Waals surface area contributed by atoms with Gasteiger partial charge < -0.3 is 10.6 Å². The van der Waals surface area contributed by atoms with E-state index in [1.165, 1.54) is 0 Å². The van der Waals surface area contributed by atoms with Crippen molar-refractivity contribution in [3.05, 3.63) is 65.1 Å². The number of aromatic nitrogens is 3. The van der Waals surface area contributed by atoms with E-state index in [9.17, 15) is 4.79 Å². The van der Waals surface area contributed by atoms with Crippen LogP contribution in [0.3, 0.4) is 0 Å². The number of carbonyl (C=O) groups excluding carboxylic acids is 1. The van der Waals surface area contributed by atoms with Crippen LogP contribution in [0.25, 0.3) is 5.65 Å². The molecular formula is C18H20ClN5O. The molecule has 0 aliphatic heterocycles.